The fourth-order valence-corrected chi connectivity index (χ4v) is 2.13. The Balaban J connectivity index is 1.87. The van der Waals surface area contributed by atoms with Gasteiger partial charge in [-0.25, -0.2) is 4.68 Å². The zero-order valence-corrected chi connectivity index (χ0v) is 11.5. The highest BCUT2D eigenvalue weighted by molar-refractivity contribution is 6.31. The molecule has 0 aliphatic rings. The van der Waals surface area contributed by atoms with Crippen molar-refractivity contribution in [3.63, 3.8) is 0 Å². The van der Waals surface area contributed by atoms with Gasteiger partial charge >= 0.3 is 0 Å². The molecular weight excluding hydrogens is 272 g/mol. The Morgan fingerprint density at radius 3 is 2.85 bits per heavy atom. The van der Waals surface area contributed by atoms with Gasteiger partial charge in [0.1, 0.15) is 0 Å². The highest BCUT2D eigenvalue weighted by Gasteiger charge is 2.06. The van der Waals surface area contributed by atoms with Gasteiger partial charge in [0.2, 0.25) is 0 Å². The van der Waals surface area contributed by atoms with Crippen molar-refractivity contribution in [3.05, 3.63) is 71.8 Å². The Bertz CT molecular complexity index is 680. The summed E-state index contributed by atoms with van der Waals surface area (Å²) in [5, 5.41) is 8.32. The third-order valence-electron chi connectivity index (χ3n) is 2.92. The molecule has 3 aromatic rings. The molecule has 0 fully saturated rings. The van der Waals surface area contributed by atoms with E-state index in [0.717, 1.165) is 16.9 Å². The van der Waals surface area contributed by atoms with Crippen molar-refractivity contribution >= 4 is 17.3 Å². The molecule has 1 N–H and O–H groups in total. The molecule has 2 heterocycles. The molecule has 20 heavy (non-hydrogen) atoms. The van der Waals surface area contributed by atoms with Gasteiger partial charge in [0.15, 0.2) is 0 Å². The maximum atomic E-state index is 6.08. The van der Waals surface area contributed by atoms with Gasteiger partial charge in [-0.05, 0) is 35.9 Å². The summed E-state index contributed by atoms with van der Waals surface area (Å²) in [4.78, 5) is 4.10. The number of hydrogen-bond donors (Lipinski definition) is 1. The molecule has 4 nitrogen and oxygen atoms in total. The number of nitrogens with one attached hydrogen (secondary N) is 1. The molecule has 0 amide bonds. The number of nitrogens with zero attached hydrogens (tertiary/aromatic N) is 3. The second-order valence-electron chi connectivity index (χ2n) is 4.33. The summed E-state index contributed by atoms with van der Waals surface area (Å²) in [5.41, 5.74) is 3.01. The molecule has 1 aromatic carbocycles. The molecule has 0 aliphatic heterocycles. The average molecular weight is 285 g/mol. The zero-order chi connectivity index (χ0) is 13.8. The van der Waals surface area contributed by atoms with E-state index in [1.807, 2.05) is 53.5 Å². The monoisotopic (exact) mass is 284 g/mol. The molecule has 0 unspecified atom stereocenters. The molecule has 5 heteroatoms. The van der Waals surface area contributed by atoms with Crippen LogP contribution in [0.1, 0.15) is 5.56 Å². The van der Waals surface area contributed by atoms with Crippen molar-refractivity contribution < 1.29 is 0 Å². The second kappa shape index (κ2) is 5.75. The minimum atomic E-state index is 0.683. The molecule has 0 saturated heterocycles. The summed E-state index contributed by atoms with van der Waals surface area (Å²) in [6, 6.07) is 11.5. The van der Waals surface area contributed by atoms with Crippen LogP contribution in [0.25, 0.3) is 5.69 Å². The van der Waals surface area contributed by atoms with E-state index in [1.165, 1.54) is 0 Å². The third kappa shape index (κ3) is 2.81. The van der Waals surface area contributed by atoms with E-state index in [2.05, 4.69) is 15.4 Å². The van der Waals surface area contributed by atoms with Crippen molar-refractivity contribution in [1.82, 2.24) is 14.8 Å². The highest BCUT2D eigenvalue weighted by Crippen LogP contribution is 2.24. The summed E-state index contributed by atoms with van der Waals surface area (Å²) in [6.45, 7) is 0.683. The van der Waals surface area contributed by atoms with Crippen LogP contribution in [0.2, 0.25) is 5.02 Å². The lowest BCUT2D eigenvalue weighted by atomic mass is 10.2. The van der Waals surface area contributed by atoms with Gasteiger partial charge in [-0.2, -0.15) is 5.10 Å². The van der Waals surface area contributed by atoms with Gasteiger partial charge in [-0.3, -0.25) is 4.98 Å². The molecule has 0 saturated carbocycles. The maximum Gasteiger partial charge on any atom is 0.0877 e. The lowest BCUT2D eigenvalue weighted by Gasteiger charge is -2.12. The summed E-state index contributed by atoms with van der Waals surface area (Å²) in [7, 11) is 0. The summed E-state index contributed by atoms with van der Waals surface area (Å²) >= 11 is 6.08. The number of halogens is 1. The third-order valence-corrected chi connectivity index (χ3v) is 3.15. The normalized spacial score (nSPS) is 10.4. The molecule has 0 atom stereocenters. The first-order valence-corrected chi connectivity index (χ1v) is 6.63. The minimum absolute atomic E-state index is 0.683. The summed E-state index contributed by atoms with van der Waals surface area (Å²) < 4.78 is 1.81. The number of rotatable bonds is 4. The number of benzene rings is 1. The summed E-state index contributed by atoms with van der Waals surface area (Å²) in [6.07, 6.45) is 7.25. The Morgan fingerprint density at radius 2 is 2.10 bits per heavy atom. The minimum Gasteiger partial charge on any atom is -0.379 e. The van der Waals surface area contributed by atoms with Crippen LogP contribution in [0, 0.1) is 0 Å². The lowest BCUT2D eigenvalue weighted by Crippen LogP contribution is -2.05. The first-order chi connectivity index (χ1) is 9.83. The van der Waals surface area contributed by atoms with Crippen molar-refractivity contribution in [2.45, 2.75) is 6.54 Å². The van der Waals surface area contributed by atoms with Gasteiger partial charge in [-0.15, -0.1) is 0 Å². The number of aromatic nitrogens is 3. The van der Waals surface area contributed by atoms with Crippen LogP contribution in [-0.4, -0.2) is 14.8 Å². The first kappa shape index (κ1) is 12.7. The Hall–Kier alpha value is -2.33. The topological polar surface area (TPSA) is 42.7 Å². The molecule has 3 rings (SSSR count). The molecule has 2 aromatic heterocycles. The summed E-state index contributed by atoms with van der Waals surface area (Å²) in [5.74, 6) is 0. The van der Waals surface area contributed by atoms with E-state index in [9.17, 15) is 0 Å². The van der Waals surface area contributed by atoms with Gasteiger partial charge in [0.05, 0.1) is 11.4 Å². The lowest BCUT2D eigenvalue weighted by molar-refractivity contribution is 0.879. The Labute approximate surface area is 122 Å². The number of pyridine rings is 1. The van der Waals surface area contributed by atoms with Crippen LogP contribution < -0.4 is 5.32 Å². The molecular formula is C15H13ClN4. The fourth-order valence-electron chi connectivity index (χ4n) is 1.96. The van der Waals surface area contributed by atoms with Crippen LogP contribution in [0.3, 0.4) is 0 Å². The van der Waals surface area contributed by atoms with Crippen molar-refractivity contribution in [1.29, 1.82) is 0 Å². The molecule has 0 bridgehead atoms. The molecule has 100 valence electrons. The SMILES string of the molecule is Clc1ccc(-n2cccn2)c(NCc2cccnc2)c1. The average Bonchev–Trinajstić information content (AvgIpc) is 3.00. The van der Waals surface area contributed by atoms with Gasteiger partial charge in [0, 0.05) is 36.4 Å². The fraction of sp³-hybridized carbons (Fsp3) is 0.0667. The van der Waals surface area contributed by atoms with E-state index >= 15 is 0 Å². The number of hydrogen-bond acceptors (Lipinski definition) is 3. The Kier molecular flexibility index (Phi) is 3.65. The first-order valence-electron chi connectivity index (χ1n) is 6.25. The van der Waals surface area contributed by atoms with E-state index in [-0.39, 0.29) is 0 Å². The predicted octanol–water partition coefficient (Wildman–Crippen LogP) is 3.53. The van der Waals surface area contributed by atoms with Crippen molar-refractivity contribution in [3.8, 4) is 5.69 Å². The van der Waals surface area contributed by atoms with Crippen LogP contribution in [0.15, 0.2) is 61.2 Å². The van der Waals surface area contributed by atoms with Crippen LogP contribution in [-0.2, 0) is 6.54 Å². The number of anilines is 1. The van der Waals surface area contributed by atoms with E-state index in [0.29, 0.717) is 11.6 Å². The van der Waals surface area contributed by atoms with Crippen LogP contribution in [0.4, 0.5) is 5.69 Å². The quantitative estimate of drug-likeness (QED) is 0.797. The predicted molar refractivity (Wildman–Crippen MR) is 80.1 cm³/mol. The molecule has 0 spiro atoms. The van der Waals surface area contributed by atoms with Gasteiger partial charge in [-0.1, -0.05) is 17.7 Å². The molecule has 0 radical (unpaired) electrons. The van der Waals surface area contributed by atoms with Crippen molar-refractivity contribution in [2.24, 2.45) is 0 Å². The van der Waals surface area contributed by atoms with E-state index in [1.54, 1.807) is 12.4 Å². The second-order valence-corrected chi connectivity index (χ2v) is 4.76. The van der Waals surface area contributed by atoms with Crippen molar-refractivity contribution in [2.75, 3.05) is 5.32 Å². The smallest absolute Gasteiger partial charge is 0.0877 e. The molecule has 0 aliphatic carbocycles. The van der Waals surface area contributed by atoms with Crippen LogP contribution in [0.5, 0.6) is 0 Å². The highest BCUT2D eigenvalue weighted by atomic mass is 35.5. The Morgan fingerprint density at radius 1 is 1.15 bits per heavy atom. The standard InChI is InChI=1S/C15H13ClN4/c16-13-4-5-15(20-8-2-7-19-20)14(9-13)18-11-12-3-1-6-17-10-12/h1-10,18H,11H2. The van der Waals surface area contributed by atoms with Gasteiger partial charge < -0.3 is 5.32 Å². The maximum absolute atomic E-state index is 6.08. The van der Waals surface area contributed by atoms with Gasteiger partial charge in [0.25, 0.3) is 0 Å². The zero-order valence-electron chi connectivity index (χ0n) is 10.7. The van der Waals surface area contributed by atoms with E-state index in [4.69, 9.17) is 11.6 Å². The van der Waals surface area contributed by atoms with Crippen LogP contribution >= 0.6 is 11.6 Å². The largest absolute Gasteiger partial charge is 0.379 e. The van der Waals surface area contributed by atoms with E-state index < -0.39 is 0 Å².